The third-order valence-corrected chi connectivity index (χ3v) is 3.86. The standard InChI is InChI=1S/C24H33N3O6/c1-8-19(14-18(15-25)20(28)31-16-17-12-10-9-11-13-17)27(22(30)33-24(5,6)7)26-21(29)32-23(2,3)4/h9-14,19H,8,16H2,1-7H3,(H,26,29)/b18-14+. The average molecular weight is 460 g/mol. The maximum absolute atomic E-state index is 12.8. The number of rotatable bonds is 6. The number of hydrogen-bond donors (Lipinski definition) is 1. The van der Waals surface area contributed by atoms with Gasteiger partial charge in [-0.05, 0) is 59.6 Å². The summed E-state index contributed by atoms with van der Waals surface area (Å²) in [6, 6.07) is 9.93. The second-order valence-corrected chi connectivity index (χ2v) is 9.19. The lowest BCUT2D eigenvalue weighted by molar-refractivity contribution is -0.139. The van der Waals surface area contributed by atoms with E-state index in [1.54, 1.807) is 78.8 Å². The molecule has 1 aromatic carbocycles. The molecule has 0 aliphatic heterocycles. The summed E-state index contributed by atoms with van der Waals surface area (Å²) in [5.41, 5.74) is 1.17. The quantitative estimate of drug-likeness (QED) is 0.216. The highest BCUT2D eigenvalue weighted by atomic mass is 16.6. The van der Waals surface area contributed by atoms with E-state index in [4.69, 9.17) is 14.2 Å². The summed E-state index contributed by atoms with van der Waals surface area (Å²) in [7, 11) is 0. The number of carbonyl (C=O) groups excluding carboxylic acids is 3. The number of ether oxygens (including phenoxy) is 3. The van der Waals surface area contributed by atoms with E-state index in [1.807, 2.05) is 6.07 Å². The molecule has 0 aromatic heterocycles. The molecule has 1 unspecified atom stereocenters. The number of hydrazine groups is 1. The summed E-state index contributed by atoms with van der Waals surface area (Å²) < 4.78 is 15.8. The van der Waals surface area contributed by atoms with Crippen molar-refractivity contribution in [3.63, 3.8) is 0 Å². The Bertz CT molecular complexity index is 892. The second-order valence-electron chi connectivity index (χ2n) is 9.19. The molecule has 0 saturated heterocycles. The molecule has 1 aromatic rings. The first kappa shape index (κ1) is 27.5. The fourth-order valence-corrected chi connectivity index (χ4v) is 2.49. The van der Waals surface area contributed by atoms with Gasteiger partial charge in [-0.3, -0.25) is 0 Å². The zero-order valence-electron chi connectivity index (χ0n) is 20.3. The predicted octanol–water partition coefficient (Wildman–Crippen LogP) is 4.64. The van der Waals surface area contributed by atoms with Crippen molar-refractivity contribution in [1.82, 2.24) is 10.4 Å². The SMILES string of the molecule is CCC(/C=C(\C#N)C(=O)OCc1ccccc1)N(NC(=O)OC(C)(C)C)C(=O)OC(C)(C)C. The van der Waals surface area contributed by atoms with Gasteiger partial charge in [0, 0.05) is 0 Å². The molecule has 33 heavy (non-hydrogen) atoms. The molecule has 1 atom stereocenters. The number of amides is 2. The third-order valence-electron chi connectivity index (χ3n) is 3.86. The first-order chi connectivity index (χ1) is 15.3. The first-order valence-corrected chi connectivity index (χ1v) is 10.6. The lowest BCUT2D eigenvalue weighted by Crippen LogP contribution is -2.54. The Kier molecular flexibility index (Phi) is 9.92. The van der Waals surface area contributed by atoms with Crippen LogP contribution in [-0.4, -0.2) is 40.4 Å². The monoisotopic (exact) mass is 459 g/mol. The van der Waals surface area contributed by atoms with Gasteiger partial charge in [-0.2, -0.15) is 5.26 Å². The molecule has 1 rings (SSSR count). The van der Waals surface area contributed by atoms with Crippen molar-refractivity contribution in [3.8, 4) is 6.07 Å². The third kappa shape index (κ3) is 10.5. The van der Waals surface area contributed by atoms with Crippen LogP contribution in [0.1, 0.15) is 60.5 Å². The van der Waals surface area contributed by atoms with Gasteiger partial charge in [-0.15, -0.1) is 0 Å². The molecule has 1 N–H and O–H groups in total. The largest absolute Gasteiger partial charge is 0.457 e. The van der Waals surface area contributed by atoms with Crippen LogP contribution in [0, 0.1) is 11.3 Å². The average Bonchev–Trinajstić information content (AvgIpc) is 2.69. The van der Waals surface area contributed by atoms with Crippen LogP contribution in [-0.2, 0) is 25.6 Å². The summed E-state index contributed by atoms with van der Waals surface area (Å²) in [6.45, 7) is 11.8. The number of benzene rings is 1. The van der Waals surface area contributed by atoms with Crippen LogP contribution in [0.4, 0.5) is 9.59 Å². The van der Waals surface area contributed by atoms with E-state index in [2.05, 4.69) is 5.43 Å². The van der Waals surface area contributed by atoms with E-state index < -0.39 is 35.4 Å². The Hall–Kier alpha value is -3.54. The number of carbonyl (C=O) groups is 3. The number of hydrogen-bond acceptors (Lipinski definition) is 7. The van der Waals surface area contributed by atoms with Crippen molar-refractivity contribution in [2.75, 3.05) is 0 Å². The van der Waals surface area contributed by atoms with Crippen LogP contribution in [0.3, 0.4) is 0 Å². The Balaban J connectivity index is 3.13. The van der Waals surface area contributed by atoms with E-state index in [0.717, 1.165) is 10.6 Å². The lowest BCUT2D eigenvalue weighted by Gasteiger charge is -2.32. The molecule has 0 spiro atoms. The minimum atomic E-state index is -0.884. The lowest BCUT2D eigenvalue weighted by atomic mass is 10.1. The molecular weight excluding hydrogens is 426 g/mol. The van der Waals surface area contributed by atoms with Gasteiger partial charge in [0.05, 0.1) is 6.04 Å². The fraction of sp³-hybridized carbons (Fsp3) is 0.500. The van der Waals surface area contributed by atoms with Crippen molar-refractivity contribution in [2.45, 2.75) is 78.7 Å². The number of nitrogens with one attached hydrogen (secondary N) is 1. The summed E-state index contributed by atoms with van der Waals surface area (Å²) in [5.74, 6) is -0.846. The molecule has 0 heterocycles. The van der Waals surface area contributed by atoms with E-state index in [1.165, 1.54) is 6.08 Å². The zero-order valence-corrected chi connectivity index (χ0v) is 20.3. The summed E-state index contributed by atoms with van der Waals surface area (Å²) in [6.07, 6.45) is -0.238. The van der Waals surface area contributed by atoms with E-state index in [9.17, 15) is 19.6 Å². The van der Waals surface area contributed by atoms with Gasteiger partial charge in [-0.25, -0.2) is 24.8 Å². The van der Waals surface area contributed by atoms with Crippen molar-refractivity contribution >= 4 is 18.2 Å². The van der Waals surface area contributed by atoms with Gasteiger partial charge in [0.25, 0.3) is 0 Å². The molecule has 9 heteroatoms. The van der Waals surface area contributed by atoms with Gasteiger partial charge in [0.15, 0.2) is 0 Å². The number of esters is 1. The fourth-order valence-electron chi connectivity index (χ4n) is 2.49. The van der Waals surface area contributed by atoms with Crippen molar-refractivity contribution in [3.05, 3.63) is 47.5 Å². The van der Waals surface area contributed by atoms with Crippen molar-refractivity contribution < 1.29 is 28.6 Å². The summed E-state index contributed by atoms with van der Waals surface area (Å²) in [4.78, 5) is 37.6. The maximum Gasteiger partial charge on any atom is 0.429 e. The maximum atomic E-state index is 12.8. The smallest absolute Gasteiger partial charge is 0.429 e. The van der Waals surface area contributed by atoms with E-state index >= 15 is 0 Å². The Morgan fingerprint density at radius 2 is 1.64 bits per heavy atom. The van der Waals surface area contributed by atoms with E-state index in [-0.39, 0.29) is 18.6 Å². The van der Waals surface area contributed by atoms with Crippen LogP contribution in [0.2, 0.25) is 0 Å². The highest BCUT2D eigenvalue weighted by Crippen LogP contribution is 2.16. The first-order valence-electron chi connectivity index (χ1n) is 10.6. The van der Waals surface area contributed by atoms with Gasteiger partial charge >= 0.3 is 18.2 Å². The predicted molar refractivity (Wildman–Crippen MR) is 121 cm³/mol. The van der Waals surface area contributed by atoms with Crippen LogP contribution in [0.25, 0.3) is 0 Å². The zero-order chi connectivity index (χ0) is 25.2. The second kappa shape index (κ2) is 11.9. The number of nitriles is 1. The molecular formula is C24H33N3O6. The molecule has 0 aliphatic rings. The summed E-state index contributed by atoms with van der Waals surface area (Å²) in [5, 5.41) is 10.4. The minimum Gasteiger partial charge on any atom is -0.457 e. The van der Waals surface area contributed by atoms with Crippen molar-refractivity contribution in [2.24, 2.45) is 0 Å². The Morgan fingerprint density at radius 3 is 2.12 bits per heavy atom. The van der Waals surface area contributed by atoms with Crippen LogP contribution < -0.4 is 5.43 Å². The number of nitrogens with zero attached hydrogens (tertiary/aromatic N) is 2. The normalized spacial score (nSPS) is 12.7. The molecule has 0 radical (unpaired) electrons. The molecule has 0 aliphatic carbocycles. The highest BCUT2D eigenvalue weighted by molar-refractivity contribution is 5.93. The van der Waals surface area contributed by atoms with Gasteiger partial charge < -0.3 is 14.2 Å². The van der Waals surface area contributed by atoms with Gasteiger partial charge in [0.2, 0.25) is 0 Å². The minimum absolute atomic E-state index is 0.0125. The van der Waals surface area contributed by atoms with E-state index in [0.29, 0.717) is 0 Å². The highest BCUT2D eigenvalue weighted by Gasteiger charge is 2.31. The van der Waals surface area contributed by atoms with Crippen LogP contribution in [0.5, 0.6) is 0 Å². The molecule has 0 bridgehead atoms. The molecule has 0 fully saturated rings. The Labute approximate surface area is 195 Å². The van der Waals surface area contributed by atoms with Crippen molar-refractivity contribution in [1.29, 1.82) is 5.26 Å². The molecule has 2 amide bonds. The Morgan fingerprint density at radius 1 is 1.06 bits per heavy atom. The molecule has 180 valence electrons. The topological polar surface area (TPSA) is 118 Å². The van der Waals surface area contributed by atoms with Gasteiger partial charge in [0.1, 0.15) is 29.5 Å². The van der Waals surface area contributed by atoms with Crippen LogP contribution in [0.15, 0.2) is 42.0 Å². The summed E-state index contributed by atoms with van der Waals surface area (Å²) >= 11 is 0. The molecule has 9 nitrogen and oxygen atoms in total. The van der Waals surface area contributed by atoms with Gasteiger partial charge in [-0.1, -0.05) is 37.3 Å². The molecule has 0 saturated carbocycles. The van der Waals surface area contributed by atoms with Crippen LogP contribution >= 0.6 is 0 Å².